The van der Waals surface area contributed by atoms with E-state index in [4.69, 9.17) is 14.9 Å². The summed E-state index contributed by atoms with van der Waals surface area (Å²) in [4.78, 5) is 22.5. The summed E-state index contributed by atoms with van der Waals surface area (Å²) in [6.45, 7) is 2.27. The van der Waals surface area contributed by atoms with Crippen molar-refractivity contribution < 1.29 is 24.5 Å². The summed E-state index contributed by atoms with van der Waals surface area (Å²) >= 11 is 3.53. The fraction of sp³-hybridized carbons (Fsp3) is 0.471. The number of rotatable bonds is 4. The number of benzene rings is 1. The van der Waals surface area contributed by atoms with E-state index in [2.05, 4.69) is 12.6 Å². The summed E-state index contributed by atoms with van der Waals surface area (Å²) in [5.41, 5.74) is 1.86. The molecule has 0 bridgehead atoms. The number of esters is 1. The number of carbonyl (C=O) groups is 2. The van der Waals surface area contributed by atoms with Crippen molar-refractivity contribution in [1.29, 1.82) is 0 Å². The van der Waals surface area contributed by atoms with Crippen molar-refractivity contribution >= 4 is 29.8 Å². The fourth-order valence-corrected chi connectivity index (χ4v) is 3.09. The van der Waals surface area contributed by atoms with Crippen molar-refractivity contribution in [3.63, 3.8) is 0 Å². The maximum atomic E-state index is 11.8. The molecule has 1 aliphatic carbocycles. The molecule has 0 radical (unpaired) electrons. The first-order valence-electron chi connectivity index (χ1n) is 7.81. The van der Waals surface area contributed by atoms with E-state index in [0.29, 0.717) is 18.1 Å². The largest absolute Gasteiger partial charge is 0.466 e. The number of thiol groups is 1. The Morgan fingerprint density at radius 1 is 1.17 bits per heavy atom. The van der Waals surface area contributed by atoms with Crippen LogP contribution in [-0.4, -0.2) is 23.8 Å². The average Bonchev–Trinajstić information content (AvgIpc) is 2.55. The minimum atomic E-state index is -0.733. The van der Waals surface area contributed by atoms with Crippen molar-refractivity contribution in [1.82, 2.24) is 0 Å². The Hall–Kier alpha value is -1.82. The summed E-state index contributed by atoms with van der Waals surface area (Å²) in [5.74, 6) is 0.437. The third kappa shape index (κ3) is 4.82. The molecule has 0 spiro atoms. The van der Waals surface area contributed by atoms with Crippen LogP contribution in [0.5, 0.6) is 0 Å². The van der Waals surface area contributed by atoms with Gasteiger partial charge >= 0.3 is 17.2 Å². The predicted octanol–water partition coefficient (Wildman–Crippen LogP) is 2.10. The van der Waals surface area contributed by atoms with Gasteiger partial charge in [-0.1, -0.05) is 24.8 Å². The lowest BCUT2D eigenvalue weighted by Gasteiger charge is -2.27. The quantitative estimate of drug-likeness (QED) is 0.382. The molecule has 0 aromatic heterocycles. The summed E-state index contributed by atoms with van der Waals surface area (Å²) in [7, 11) is 0. The molecule has 1 saturated carbocycles. The first kappa shape index (κ1) is 17.5. The molecular weight excluding hydrogens is 314 g/mol. The molecule has 2 N–H and O–H groups in total. The predicted molar refractivity (Wildman–Crippen MR) is 89.3 cm³/mol. The van der Waals surface area contributed by atoms with E-state index in [1.165, 1.54) is 5.56 Å². The van der Waals surface area contributed by atoms with Crippen LogP contribution >= 0.6 is 12.6 Å². The van der Waals surface area contributed by atoms with Gasteiger partial charge in [0.25, 0.3) is 0 Å². The van der Waals surface area contributed by atoms with Gasteiger partial charge in [-0.2, -0.15) is 0 Å². The van der Waals surface area contributed by atoms with Crippen molar-refractivity contribution in [2.24, 2.45) is 5.92 Å². The molecule has 23 heavy (non-hydrogen) atoms. The van der Waals surface area contributed by atoms with Gasteiger partial charge in [-0.3, -0.25) is 4.79 Å². The lowest BCUT2D eigenvalue weighted by Crippen LogP contribution is -2.42. The molecule has 0 atom stereocenters. The van der Waals surface area contributed by atoms with Crippen LogP contribution < -0.4 is 5.41 Å². The van der Waals surface area contributed by atoms with E-state index >= 15 is 0 Å². The van der Waals surface area contributed by atoms with Crippen LogP contribution in [0, 0.1) is 5.92 Å². The highest BCUT2D eigenvalue weighted by molar-refractivity contribution is 7.96. The molecule has 2 rings (SSSR count). The minimum absolute atomic E-state index is 0.0317. The van der Waals surface area contributed by atoms with Gasteiger partial charge in [0.2, 0.25) is 0 Å². The zero-order chi connectivity index (χ0) is 16.8. The highest BCUT2D eigenvalue weighted by Crippen LogP contribution is 2.36. The second kappa shape index (κ2) is 8.15. The van der Waals surface area contributed by atoms with E-state index in [1.807, 2.05) is 31.2 Å². The first-order valence-corrected chi connectivity index (χ1v) is 8.26. The van der Waals surface area contributed by atoms with Crippen LogP contribution in [0.2, 0.25) is 0 Å². The maximum Gasteiger partial charge on any atom is 0.374 e. The van der Waals surface area contributed by atoms with E-state index < -0.39 is 5.30 Å². The van der Waals surface area contributed by atoms with Crippen molar-refractivity contribution in [3.8, 4) is 0 Å². The van der Waals surface area contributed by atoms with Crippen molar-refractivity contribution in [2.45, 2.75) is 38.5 Å². The van der Waals surface area contributed by atoms with E-state index in [-0.39, 0.29) is 17.8 Å². The smallest absolute Gasteiger partial charge is 0.374 e. The molecule has 5 nitrogen and oxygen atoms in total. The van der Waals surface area contributed by atoms with E-state index in [0.717, 1.165) is 25.7 Å². The second-order valence-corrected chi connectivity index (χ2v) is 6.02. The van der Waals surface area contributed by atoms with Gasteiger partial charge in [0.05, 0.1) is 18.1 Å². The van der Waals surface area contributed by atoms with Crippen LogP contribution in [0.4, 0.5) is 4.79 Å². The Morgan fingerprint density at radius 3 is 2.30 bits per heavy atom. The molecule has 1 aromatic carbocycles. The topological polar surface area (TPSA) is 78.2 Å². The van der Waals surface area contributed by atoms with Crippen LogP contribution in [-0.2, 0) is 14.3 Å². The number of carbonyl (C=O) groups excluding carboxylic acids is 2. The summed E-state index contributed by atoms with van der Waals surface area (Å²) in [6.07, 6.45) is 3.65. The number of ether oxygens (including phenoxy) is 2. The normalized spacial score (nSPS) is 20.6. The Bertz CT molecular complexity index is 577. The van der Waals surface area contributed by atoms with Gasteiger partial charge in [-0.15, -0.1) is 0 Å². The van der Waals surface area contributed by atoms with Gasteiger partial charge in [0.15, 0.2) is 0 Å². The molecular formula is C17H22NO4S+. The van der Waals surface area contributed by atoms with Crippen LogP contribution in [0.25, 0.3) is 0 Å². The van der Waals surface area contributed by atoms with Crippen LogP contribution in [0.15, 0.2) is 24.3 Å². The Morgan fingerprint density at radius 2 is 1.78 bits per heavy atom. The van der Waals surface area contributed by atoms with Crippen LogP contribution in [0.3, 0.4) is 0 Å². The standard InChI is InChI=1S/C17H21NO4S/c1-2-21-16(19)14-9-5-12(6-10-14)11-3-7-13(8-4-11)15(18)22-17(20)23/h3-4,7-8,12,14,18H,2,5-6,9-10H2,1H3,(H,20,23)/p+1. The molecule has 1 aromatic rings. The molecule has 1 aliphatic rings. The molecule has 0 heterocycles. The van der Waals surface area contributed by atoms with Gasteiger partial charge in [0, 0.05) is 0 Å². The number of nitrogens with two attached hydrogens (primary N) is 1. The molecule has 0 unspecified atom stereocenters. The monoisotopic (exact) mass is 336 g/mol. The summed E-state index contributed by atoms with van der Waals surface area (Å²) in [6, 6.07) is 7.64. The maximum absolute atomic E-state index is 11.8. The summed E-state index contributed by atoms with van der Waals surface area (Å²) < 4.78 is 9.85. The Balaban J connectivity index is 1.92. The van der Waals surface area contributed by atoms with Gasteiger partial charge in [0.1, 0.15) is 0 Å². The molecule has 0 aliphatic heterocycles. The highest BCUT2D eigenvalue weighted by Gasteiger charge is 2.28. The third-order valence-corrected chi connectivity index (χ3v) is 4.30. The van der Waals surface area contributed by atoms with Crippen LogP contribution in [0.1, 0.15) is 49.7 Å². The Labute approximate surface area is 141 Å². The van der Waals surface area contributed by atoms with E-state index in [1.54, 1.807) is 0 Å². The zero-order valence-corrected chi connectivity index (χ0v) is 14.1. The zero-order valence-electron chi connectivity index (χ0n) is 13.2. The number of hydrogen-bond acceptors (Lipinski definition) is 4. The molecule has 1 fully saturated rings. The van der Waals surface area contributed by atoms with Gasteiger partial charge in [-0.25, -0.2) is 10.2 Å². The van der Waals surface area contributed by atoms with Crippen molar-refractivity contribution in [3.05, 3.63) is 35.4 Å². The van der Waals surface area contributed by atoms with Gasteiger partial charge in [-0.05, 0) is 56.2 Å². The summed E-state index contributed by atoms with van der Waals surface area (Å²) in [5, 5.41) is 4.95. The SMILES string of the molecule is CCOC(=O)C1CCC(c2ccc(C(=[NH2+])OC(=O)S)cc2)CC1. The second-order valence-electron chi connectivity index (χ2n) is 5.65. The molecule has 0 saturated heterocycles. The molecule has 0 amide bonds. The fourth-order valence-electron chi connectivity index (χ4n) is 3.00. The Kier molecular flexibility index (Phi) is 6.21. The lowest BCUT2D eigenvalue weighted by atomic mass is 9.78. The van der Waals surface area contributed by atoms with E-state index in [9.17, 15) is 9.59 Å². The van der Waals surface area contributed by atoms with Gasteiger partial charge < -0.3 is 9.47 Å². The highest BCUT2D eigenvalue weighted by atomic mass is 32.1. The molecule has 124 valence electrons. The lowest BCUT2D eigenvalue weighted by molar-refractivity contribution is -0.149. The molecule has 6 heteroatoms. The van der Waals surface area contributed by atoms with Crippen molar-refractivity contribution in [2.75, 3.05) is 6.61 Å². The minimum Gasteiger partial charge on any atom is -0.466 e. The first-order chi connectivity index (χ1) is 11.0. The average molecular weight is 336 g/mol. The number of hydrogen-bond donors (Lipinski definition) is 2. The third-order valence-electron chi connectivity index (χ3n) is 4.21.